The fourth-order valence-corrected chi connectivity index (χ4v) is 4.81. The molecule has 1 aliphatic carbocycles. The first-order valence-electron chi connectivity index (χ1n) is 11.6. The van der Waals surface area contributed by atoms with Crippen LogP contribution in [0, 0.1) is 11.6 Å². The number of halogens is 2. The maximum atomic E-state index is 13.7. The van der Waals surface area contributed by atoms with Gasteiger partial charge in [-0.1, -0.05) is 6.07 Å². The van der Waals surface area contributed by atoms with E-state index in [-0.39, 0.29) is 24.9 Å². The molecular weight excluding hydrogens is 438 g/mol. The quantitative estimate of drug-likeness (QED) is 0.546. The molecule has 1 atom stereocenters. The predicted molar refractivity (Wildman–Crippen MR) is 124 cm³/mol. The Kier molecular flexibility index (Phi) is 6.18. The van der Waals surface area contributed by atoms with E-state index in [1.165, 1.54) is 18.6 Å². The highest BCUT2D eigenvalue weighted by molar-refractivity contribution is 5.99. The highest BCUT2D eigenvalue weighted by Crippen LogP contribution is 2.32. The lowest BCUT2D eigenvalue weighted by Gasteiger charge is -2.26. The molecule has 6 nitrogen and oxygen atoms in total. The lowest BCUT2D eigenvalue weighted by molar-refractivity contribution is -0.00849. The molecule has 1 amide bonds. The summed E-state index contributed by atoms with van der Waals surface area (Å²) in [5.74, 6) is -1.40. The lowest BCUT2D eigenvalue weighted by atomic mass is 9.96. The first-order valence-corrected chi connectivity index (χ1v) is 11.6. The van der Waals surface area contributed by atoms with E-state index in [9.17, 15) is 13.6 Å². The molecule has 3 aromatic rings. The van der Waals surface area contributed by atoms with Gasteiger partial charge >= 0.3 is 0 Å². The number of carbonyl (C=O) groups excluding carboxylic acids is 1. The van der Waals surface area contributed by atoms with Crippen LogP contribution in [-0.4, -0.2) is 39.3 Å². The minimum atomic E-state index is -0.639. The van der Waals surface area contributed by atoms with E-state index in [1.54, 1.807) is 4.90 Å². The van der Waals surface area contributed by atoms with Crippen LogP contribution in [0.5, 0.6) is 0 Å². The van der Waals surface area contributed by atoms with Gasteiger partial charge in [0.15, 0.2) is 0 Å². The number of fused-ring (bicyclic) bond motifs is 1. The highest BCUT2D eigenvalue weighted by atomic mass is 19.1. The Morgan fingerprint density at radius 1 is 1.18 bits per heavy atom. The second kappa shape index (κ2) is 9.27. The van der Waals surface area contributed by atoms with Gasteiger partial charge in [0.05, 0.1) is 24.6 Å². The first kappa shape index (κ1) is 22.7. The Morgan fingerprint density at radius 2 is 1.94 bits per heavy atom. The fourth-order valence-electron chi connectivity index (χ4n) is 4.81. The van der Waals surface area contributed by atoms with Gasteiger partial charge in [0.1, 0.15) is 11.6 Å². The molecule has 1 saturated carbocycles. The van der Waals surface area contributed by atoms with Crippen molar-refractivity contribution in [1.82, 2.24) is 14.7 Å². The zero-order chi connectivity index (χ0) is 23.8. The Bertz CT molecular complexity index is 1200. The maximum Gasteiger partial charge on any atom is 0.254 e. The molecule has 0 spiro atoms. The van der Waals surface area contributed by atoms with Crippen LogP contribution >= 0.6 is 0 Å². The summed E-state index contributed by atoms with van der Waals surface area (Å²) in [4.78, 5) is 14.9. The molecular formula is C26H28F2N4O2. The number of nitrogens with zero attached hydrogens (tertiary/aromatic N) is 3. The molecule has 0 bridgehead atoms. The number of benzene rings is 2. The number of aromatic nitrogens is 2. The molecule has 8 heteroatoms. The Hall–Kier alpha value is -3.10. The third kappa shape index (κ3) is 4.35. The average molecular weight is 467 g/mol. The topological polar surface area (TPSA) is 73.4 Å². The zero-order valence-electron chi connectivity index (χ0n) is 19.1. The van der Waals surface area contributed by atoms with Gasteiger partial charge in [0.2, 0.25) is 0 Å². The van der Waals surface area contributed by atoms with Crippen molar-refractivity contribution >= 4 is 5.91 Å². The predicted octanol–water partition coefficient (Wildman–Crippen LogP) is 3.96. The Morgan fingerprint density at radius 3 is 2.62 bits per heavy atom. The highest BCUT2D eigenvalue weighted by Gasteiger charge is 2.33. The lowest BCUT2D eigenvalue weighted by Crippen LogP contribution is -2.42. The van der Waals surface area contributed by atoms with Crippen LogP contribution in [0.25, 0.3) is 11.3 Å². The van der Waals surface area contributed by atoms with Gasteiger partial charge in [0.25, 0.3) is 5.91 Å². The van der Waals surface area contributed by atoms with Crippen molar-refractivity contribution in [2.75, 3.05) is 6.54 Å². The Balaban J connectivity index is 1.37. The summed E-state index contributed by atoms with van der Waals surface area (Å²) in [7, 11) is 1.90. The number of hydrogen-bond donors (Lipinski definition) is 1. The van der Waals surface area contributed by atoms with Gasteiger partial charge in [-0.3, -0.25) is 9.48 Å². The van der Waals surface area contributed by atoms with Gasteiger partial charge in [-0.2, -0.15) is 5.10 Å². The molecule has 5 rings (SSSR count). The zero-order valence-corrected chi connectivity index (χ0v) is 19.1. The van der Waals surface area contributed by atoms with E-state index >= 15 is 0 Å². The van der Waals surface area contributed by atoms with E-state index < -0.39 is 11.6 Å². The van der Waals surface area contributed by atoms with Crippen molar-refractivity contribution in [1.29, 1.82) is 0 Å². The molecule has 2 aromatic carbocycles. The van der Waals surface area contributed by atoms with Crippen LogP contribution in [0.4, 0.5) is 8.78 Å². The van der Waals surface area contributed by atoms with Crippen molar-refractivity contribution in [3.05, 3.63) is 76.5 Å². The first-order chi connectivity index (χ1) is 16.4. The third-order valence-electron chi connectivity index (χ3n) is 6.86. The summed E-state index contributed by atoms with van der Waals surface area (Å²) in [5.41, 5.74) is 10.9. The number of carbonyl (C=O) groups is 1. The van der Waals surface area contributed by atoms with E-state index in [0.29, 0.717) is 30.4 Å². The van der Waals surface area contributed by atoms with E-state index in [0.717, 1.165) is 41.3 Å². The van der Waals surface area contributed by atoms with Crippen molar-refractivity contribution in [2.24, 2.45) is 12.8 Å². The monoisotopic (exact) mass is 466 g/mol. The van der Waals surface area contributed by atoms with Gasteiger partial charge in [-0.05, 0) is 61.1 Å². The van der Waals surface area contributed by atoms with Crippen molar-refractivity contribution in [3.63, 3.8) is 0 Å². The van der Waals surface area contributed by atoms with Crippen molar-refractivity contribution < 1.29 is 18.3 Å². The van der Waals surface area contributed by atoms with Crippen molar-refractivity contribution in [3.8, 4) is 11.3 Å². The maximum absolute atomic E-state index is 13.7. The minimum Gasteiger partial charge on any atom is -0.373 e. The number of aryl methyl sites for hydroxylation is 1. The van der Waals surface area contributed by atoms with E-state index in [1.807, 2.05) is 36.1 Å². The number of ether oxygens (including phenoxy) is 1. The van der Waals surface area contributed by atoms with Crippen molar-refractivity contribution in [2.45, 2.75) is 51.0 Å². The molecule has 2 heterocycles. The summed E-state index contributed by atoms with van der Waals surface area (Å²) < 4.78 is 35.1. The molecule has 0 saturated heterocycles. The SMILES string of the molecule is Cn1ncc(COC2CCC2)c1-c1ccc2c(c1)CN([C@H](CN)Cc1cc(F)cc(F)c1)C2=O. The molecule has 1 fully saturated rings. The fraction of sp³-hybridized carbons (Fsp3) is 0.385. The molecule has 2 aliphatic rings. The number of hydrogen-bond acceptors (Lipinski definition) is 4. The Labute approximate surface area is 197 Å². The van der Waals surface area contributed by atoms with Gasteiger partial charge < -0.3 is 15.4 Å². The molecule has 178 valence electrons. The van der Waals surface area contributed by atoms with Crippen LogP contribution in [0.3, 0.4) is 0 Å². The molecule has 1 aromatic heterocycles. The smallest absolute Gasteiger partial charge is 0.254 e. The molecule has 34 heavy (non-hydrogen) atoms. The largest absolute Gasteiger partial charge is 0.373 e. The second-order valence-electron chi connectivity index (χ2n) is 9.18. The van der Waals surface area contributed by atoms with Gasteiger partial charge in [-0.25, -0.2) is 8.78 Å². The molecule has 2 N–H and O–H groups in total. The van der Waals surface area contributed by atoms with Crippen LogP contribution < -0.4 is 5.73 Å². The van der Waals surface area contributed by atoms with Crippen LogP contribution in [0.15, 0.2) is 42.6 Å². The summed E-state index contributed by atoms with van der Waals surface area (Å²) in [6.07, 6.45) is 5.88. The number of nitrogens with two attached hydrogens (primary N) is 1. The third-order valence-corrected chi connectivity index (χ3v) is 6.86. The normalized spacial score (nSPS) is 16.6. The summed E-state index contributed by atoms with van der Waals surface area (Å²) in [6, 6.07) is 8.83. The van der Waals surface area contributed by atoms with Gasteiger partial charge in [-0.15, -0.1) is 0 Å². The van der Waals surface area contributed by atoms with E-state index in [2.05, 4.69) is 5.10 Å². The number of rotatable bonds is 8. The second-order valence-corrected chi connectivity index (χ2v) is 9.18. The molecule has 0 radical (unpaired) electrons. The van der Waals surface area contributed by atoms with E-state index in [4.69, 9.17) is 10.5 Å². The standard InChI is InChI=1S/C26H28F2N4O2/c1-31-25(19(13-30-31)15-34-23-3-2-4-23)17-5-6-24-18(10-17)14-32(26(24)33)22(12-29)9-16-7-20(27)11-21(28)8-16/h5-8,10-11,13,22-23H,2-4,9,12,14-15,29H2,1H3/t22-/m0/s1. The summed E-state index contributed by atoms with van der Waals surface area (Å²) in [5, 5.41) is 4.42. The average Bonchev–Trinajstić information content (AvgIpc) is 3.29. The minimum absolute atomic E-state index is 0.118. The molecule has 1 aliphatic heterocycles. The summed E-state index contributed by atoms with van der Waals surface area (Å²) in [6.45, 7) is 1.10. The number of amides is 1. The van der Waals surface area contributed by atoms with Crippen LogP contribution in [0.1, 0.15) is 46.3 Å². The van der Waals surface area contributed by atoms with Crippen LogP contribution in [-0.2, 0) is 31.4 Å². The summed E-state index contributed by atoms with van der Waals surface area (Å²) >= 11 is 0. The van der Waals surface area contributed by atoms with Crippen LogP contribution in [0.2, 0.25) is 0 Å². The molecule has 0 unspecified atom stereocenters. The van der Waals surface area contributed by atoms with Gasteiger partial charge in [0, 0.05) is 48.9 Å².